The maximum atomic E-state index is 12.5. The number of fused-ring (bicyclic) bond motifs is 1. The van der Waals surface area contributed by atoms with Gasteiger partial charge in [-0.05, 0) is 42.9 Å². The summed E-state index contributed by atoms with van der Waals surface area (Å²) in [7, 11) is 2.15. The molecular formula is C20H23N5O. The monoisotopic (exact) mass is 349 g/mol. The average molecular weight is 349 g/mol. The first kappa shape index (κ1) is 16.6. The quantitative estimate of drug-likeness (QED) is 0.758. The predicted molar refractivity (Wildman–Crippen MR) is 103 cm³/mol. The Morgan fingerprint density at radius 2 is 1.92 bits per heavy atom. The fourth-order valence-corrected chi connectivity index (χ4v) is 3.36. The molecule has 1 saturated heterocycles. The van der Waals surface area contributed by atoms with Crippen LogP contribution in [0.3, 0.4) is 0 Å². The first-order chi connectivity index (χ1) is 12.7. The lowest BCUT2D eigenvalue weighted by atomic mass is 10.1. The van der Waals surface area contributed by atoms with Gasteiger partial charge in [0.25, 0.3) is 5.91 Å². The molecule has 1 aliphatic heterocycles. The van der Waals surface area contributed by atoms with Gasteiger partial charge in [0, 0.05) is 61.7 Å². The highest BCUT2D eigenvalue weighted by atomic mass is 16.1. The van der Waals surface area contributed by atoms with Gasteiger partial charge in [0.1, 0.15) is 5.69 Å². The van der Waals surface area contributed by atoms with Crippen LogP contribution in [0.15, 0.2) is 48.8 Å². The van der Waals surface area contributed by atoms with Gasteiger partial charge in [0.2, 0.25) is 0 Å². The van der Waals surface area contributed by atoms with Gasteiger partial charge in [0.05, 0.1) is 0 Å². The zero-order valence-corrected chi connectivity index (χ0v) is 14.9. The minimum absolute atomic E-state index is 0.0951. The van der Waals surface area contributed by atoms with Crippen LogP contribution in [0.1, 0.15) is 16.1 Å². The van der Waals surface area contributed by atoms with E-state index < -0.39 is 0 Å². The van der Waals surface area contributed by atoms with Crippen LogP contribution in [0.25, 0.3) is 10.9 Å². The van der Waals surface area contributed by atoms with Crippen molar-refractivity contribution in [3.8, 4) is 0 Å². The number of amides is 1. The van der Waals surface area contributed by atoms with Gasteiger partial charge < -0.3 is 20.1 Å². The van der Waals surface area contributed by atoms with E-state index in [2.05, 4.69) is 38.2 Å². The van der Waals surface area contributed by atoms with Crippen LogP contribution >= 0.6 is 0 Å². The summed E-state index contributed by atoms with van der Waals surface area (Å²) in [5.41, 5.74) is 3.81. The Hall–Kier alpha value is -2.86. The van der Waals surface area contributed by atoms with Crippen molar-refractivity contribution in [2.75, 3.05) is 38.1 Å². The Bertz CT molecular complexity index is 897. The van der Waals surface area contributed by atoms with E-state index in [4.69, 9.17) is 0 Å². The Morgan fingerprint density at radius 3 is 2.69 bits per heavy atom. The molecule has 0 aliphatic carbocycles. The molecule has 6 heteroatoms. The van der Waals surface area contributed by atoms with Gasteiger partial charge in [-0.15, -0.1) is 0 Å². The lowest BCUT2D eigenvalue weighted by Gasteiger charge is -2.34. The van der Waals surface area contributed by atoms with Crippen molar-refractivity contribution in [3.05, 3.63) is 60.0 Å². The molecule has 0 atom stereocenters. The number of likely N-dealkylation sites (N-methyl/N-ethyl adjacent to an activating group) is 1. The summed E-state index contributed by atoms with van der Waals surface area (Å²) in [5.74, 6) is -0.0951. The molecule has 6 nitrogen and oxygen atoms in total. The maximum Gasteiger partial charge on any atom is 0.267 e. The second-order valence-electron chi connectivity index (χ2n) is 6.75. The zero-order valence-electron chi connectivity index (χ0n) is 14.9. The molecule has 0 radical (unpaired) electrons. The highest BCUT2D eigenvalue weighted by Gasteiger charge is 2.18. The van der Waals surface area contributed by atoms with E-state index in [9.17, 15) is 4.79 Å². The molecule has 3 aromatic rings. The van der Waals surface area contributed by atoms with Gasteiger partial charge in [-0.25, -0.2) is 0 Å². The van der Waals surface area contributed by atoms with Crippen LogP contribution in [0, 0.1) is 0 Å². The van der Waals surface area contributed by atoms with Gasteiger partial charge in [-0.1, -0.05) is 6.07 Å². The smallest absolute Gasteiger partial charge is 0.267 e. The molecule has 4 rings (SSSR count). The number of benzene rings is 1. The molecule has 26 heavy (non-hydrogen) atoms. The third-order valence-corrected chi connectivity index (χ3v) is 4.93. The summed E-state index contributed by atoms with van der Waals surface area (Å²) >= 11 is 0. The topological polar surface area (TPSA) is 64.3 Å². The number of carbonyl (C=O) groups excluding carboxylic acids is 1. The number of piperazine rings is 1. The van der Waals surface area contributed by atoms with Crippen LogP contribution in [0.4, 0.5) is 5.69 Å². The van der Waals surface area contributed by atoms with Crippen LogP contribution in [0.5, 0.6) is 0 Å². The minimum atomic E-state index is -0.0951. The lowest BCUT2D eigenvalue weighted by Crippen LogP contribution is -2.44. The number of hydrogen-bond acceptors (Lipinski definition) is 4. The minimum Gasteiger partial charge on any atom is -0.368 e. The Kier molecular flexibility index (Phi) is 4.58. The summed E-state index contributed by atoms with van der Waals surface area (Å²) in [6.45, 7) is 4.61. The highest BCUT2D eigenvalue weighted by Crippen LogP contribution is 2.28. The Labute approximate surface area is 152 Å². The normalized spacial score (nSPS) is 15.3. The van der Waals surface area contributed by atoms with E-state index in [1.807, 2.05) is 30.3 Å². The van der Waals surface area contributed by atoms with E-state index in [-0.39, 0.29) is 5.91 Å². The highest BCUT2D eigenvalue weighted by molar-refractivity contribution is 6.02. The fraction of sp³-hybridized carbons (Fsp3) is 0.300. The number of rotatable bonds is 4. The molecule has 2 aromatic heterocycles. The van der Waals surface area contributed by atoms with E-state index in [0.29, 0.717) is 12.2 Å². The number of carbonyl (C=O) groups is 1. The first-order valence-corrected chi connectivity index (χ1v) is 8.93. The third-order valence-electron chi connectivity index (χ3n) is 4.93. The number of aromatic nitrogens is 2. The summed E-state index contributed by atoms with van der Waals surface area (Å²) in [5, 5.41) is 4.07. The number of aromatic amines is 1. The molecular weight excluding hydrogens is 326 g/mol. The number of hydrogen-bond donors (Lipinski definition) is 2. The van der Waals surface area contributed by atoms with Crippen molar-refractivity contribution in [3.63, 3.8) is 0 Å². The molecule has 134 valence electrons. The summed E-state index contributed by atoms with van der Waals surface area (Å²) in [6, 6.07) is 12.0. The van der Waals surface area contributed by atoms with Crippen LogP contribution in [0.2, 0.25) is 0 Å². The summed E-state index contributed by atoms with van der Waals surface area (Å²) in [6.07, 6.45) is 3.46. The molecule has 1 fully saturated rings. The molecule has 0 unspecified atom stereocenters. The van der Waals surface area contributed by atoms with E-state index in [0.717, 1.165) is 42.6 Å². The van der Waals surface area contributed by atoms with Crippen molar-refractivity contribution in [2.24, 2.45) is 0 Å². The molecule has 0 saturated carbocycles. The summed E-state index contributed by atoms with van der Waals surface area (Å²) in [4.78, 5) is 24.5. The first-order valence-electron chi connectivity index (χ1n) is 8.93. The molecule has 3 heterocycles. The van der Waals surface area contributed by atoms with E-state index >= 15 is 0 Å². The molecule has 2 N–H and O–H groups in total. The molecule has 0 bridgehead atoms. The molecule has 0 spiro atoms. The number of nitrogens with one attached hydrogen (secondary N) is 2. The van der Waals surface area contributed by atoms with Crippen molar-refractivity contribution >= 4 is 22.5 Å². The Balaban J connectivity index is 1.53. The predicted octanol–water partition coefficient (Wildman–Crippen LogP) is 2.24. The number of anilines is 1. The van der Waals surface area contributed by atoms with Gasteiger partial charge >= 0.3 is 0 Å². The Morgan fingerprint density at radius 1 is 1.15 bits per heavy atom. The van der Waals surface area contributed by atoms with Crippen LogP contribution in [-0.4, -0.2) is 54.0 Å². The van der Waals surface area contributed by atoms with E-state index in [1.54, 1.807) is 12.4 Å². The maximum absolute atomic E-state index is 12.5. The standard InChI is InChI=1S/C20H23N5O/c1-24-9-11-25(12-10-24)19-4-2-3-17-16(19)13-18(23-17)20(26)22-14-15-5-7-21-8-6-15/h2-8,13,23H,9-12,14H2,1H3,(H,22,26). The second-order valence-corrected chi connectivity index (χ2v) is 6.75. The van der Waals surface area contributed by atoms with Gasteiger partial charge in [-0.3, -0.25) is 9.78 Å². The zero-order chi connectivity index (χ0) is 17.9. The van der Waals surface area contributed by atoms with E-state index in [1.165, 1.54) is 5.69 Å². The van der Waals surface area contributed by atoms with Gasteiger partial charge in [0.15, 0.2) is 0 Å². The molecule has 1 aliphatic rings. The van der Waals surface area contributed by atoms with Gasteiger partial charge in [-0.2, -0.15) is 0 Å². The van der Waals surface area contributed by atoms with Crippen LogP contribution < -0.4 is 10.2 Å². The number of nitrogens with zero attached hydrogens (tertiary/aromatic N) is 3. The summed E-state index contributed by atoms with van der Waals surface area (Å²) < 4.78 is 0. The second kappa shape index (κ2) is 7.17. The van der Waals surface area contributed by atoms with Crippen LogP contribution in [-0.2, 0) is 6.54 Å². The largest absolute Gasteiger partial charge is 0.368 e. The van der Waals surface area contributed by atoms with Crippen molar-refractivity contribution in [1.82, 2.24) is 20.2 Å². The number of pyridine rings is 1. The van der Waals surface area contributed by atoms with Crippen molar-refractivity contribution in [1.29, 1.82) is 0 Å². The SMILES string of the molecule is CN1CCN(c2cccc3[nH]c(C(=O)NCc4ccncc4)cc23)CC1. The average Bonchev–Trinajstić information content (AvgIpc) is 3.12. The molecule has 1 aromatic carbocycles. The number of H-pyrrole nitrogens is 1. The lowest BCUT2D eigenvalue weighted by molar-refractivity contribution is 0.0946. The van der Waals surface area contributed by atoms with Crippen molar-refractivity contribution in [2.45, 2.75) is 6.54 Å². The third kappa shape index (κ3) is 3.41. The van der Waals surface area contributed by atoms with Crippen molar-refractivity contribution < 1.29 is 4.79 Å². The molecule has 1 amide bonds. The fourth-order valence-electron chi connectivity index (χ4n) is 3.36.